The smallest absolute Gasteiger partial charge is 0.338 e. The number of rotatable bonds is 5. The van der Waals surface area contributed by atoms with Crippen LogP contribution in [-0.2, 0) is 9.53 Å². The number of fused-ring (bicyclic) bond motifs is 3. The lowest BCUT2D eigenvalue weighted by atomic mass is 9.90. The lowest BCUT2D eigenvalue weighted by Gasteiger charge is -2.27. The van der Waals surface area contributed by atoms with Crippen LogP contribution in [0.3, 0.4) is 0 Å². The Morgan fingerprint density at radius 2 is 1.87 bits per heavy atom. The van der Waals surface area contributed by atoms with E-state index in [1.54, 1.807) is 25.5 Å². The molecule has 0 saturated carbocycles. The summed E-state index contributed by atoms with van der Waals surface area (Å²) >= 11 is 1.30. The summed E-state index contributed by atoms with van der Waals surface area (Å²) in [6, 6.07) is 18.9. The van der Waals surface area contributed by atoms with Gasteiger partial charge in [0.2, 0.25) is 0 Å². The number of esters is 1. The van der Waals surface area contributed by atoms with Crippen LogP contribution in [0.15, 0.2) is 87.9 Å². The van der Waals surface area contributed by atoms with Crippen LogP contribution in [-0.4, -0.2) is 29.2 Å². The van der Waals surface area contributed by atoms with Crippen molar-refractivity contribution in [2.24, 2.45) is 4.99 Å². The number of H-pyrrole nitrogens is 1. The number of hydrogen-bond donors (Lipinski definition) is 1. The van der Waals surface area contributed by atoms with Crippen LogP contribution in [0.4, 0.5) is 0 Å². The summed E-state index contributed by atoms with van der Waals surface area (Å²) < 4.78 is 13.4. The maximum Gasteiger partial charge on any atom is 0.338 e. The van der Waals surface area contributed by atoms with Gasteiger partial charge in [0.1, 0.15) is 11.8 Å². The molecule has 0 saturated heterocycles. The van der Waals surface area contributed by atoms with E-state index < -0.39 is 12.0 Å². The van der Waals surface area contributed by atoms with E-state index in [1.807, 2.05) is 72.9 Å². The highest BCUT2D eigenvalue weighted by molar-refractivity contribution is 7.07. The van der Waals surface area contributed by atoms with Gasteiger partial charge in [-0.3, -0.25) is 9.36 Å². The molecule has 0 bridgehead atoms. The molecule has 38 heavy (non-hydrogen) atoms. The third-order valence-electron chi connectivity index (χ3n) is 6.85. The van der Waals surface area contributed by atoms with Crippen molar-refractivity contribution in [2.45, 2.75) is 19.9 Å². The molecule has 2 aromatic heterocycles. The zero-order chi connectivity index (χ0) is 26.4. The molecule has 3 aromatic carbocycles. The molecule has 7 nitrogen and oxygen atoms in total. The van der Waals surface area contributed by atoms with Gasteiger partial charge >= 0.3 is 5.97 Å². The quantitative estimate of drug-likeness (QED) is 0.345. The summed E-state index contributed by atoms with van der Waals surface area (Å²) in [6.45, 7) is 3.76. The highest BCUT2D eigenvalue weighted by Gasteiger charge is 2.36. The van der Waals surface area contributed by atoms with Gasteiger partial charge in [0.15, 0.2) is 4.80 Å². The fourth-order valence-corrected chi connectivity index (χ4v) is 6.19. The summed E-state index contributed by atoms with van der Waals surface area (Å²) in [7, 11) is 1.59. The minimum Gasteiger partial charge on any atom is -0.496 e. The van der Waals surface area contributed by atoms with Gasteiger partial charge in [-0.2, -0.15) is 0 Å². The first-order valence-corrected chi connectivity index (χ1v) is 13.1. The van der Waals surface area contributed by atoms with E-state index in [9.17, 15) is 9.59 Å². The number of thiazole rings is 1. The van der Waals surface area contributed by atoms with Crippen LogP contribution in [0.5, 0.6) is 5.75 Å². The highest BCUT2D eigenvalue weighted by Crippen LogP contribution is 2.40. The maximum atomic E-state index is 14.1. The number of methoxy groups -OCH3 is 1. The molecular weight excluding hydrogens is 498 g/mol. The number of ether oxygens (including phenoxy) is 2. The molecule has 0 amide bonds. The van der Waals surface area contributed by atoms with E-state index >= 15 is 0 Å². The molecule has 0 spiro atoms. The monoisotopic (exact) mass is 523 g/mol. The zero-order valence-corrected chi connectivity index (χ0v) is 22.0. The van der Waals surface area contributed by atoms with E-state index in [0.29, 0.717) is 26.4 Å². The molecule has 8 heteroatoms. The number of benzene rings is 3. The molecule has 1 unspecified atom stereocenters. The fourth-order valence-electron chi connectivity index (χ4n) is 5.15. The topological polar surface area (TPSA) is 85.7 Å². The molecule has 1 atom stereocenters. The van der Waals surface area contributed by atoms with Gasteiger partial charge < -0.3 is 14.5 Å². The van der Waals surface area contributed by atoms with Crippen molar-refractivity contribution >= 4 is 45.1 Å². The minimum atomic E-state index is -0.767. The molecule has 6 rings (SSSR count). The molecule has 1 aliphatic rings. The van der Waals surface area contributed by atoms with Crippen molar-refractivity contribution in [3.63, 3.8) is 0 Å². The van der Waals surface area contributed by atoms with Gasteiger partial charge in [0.05, 0.1) is 29.5 Å². The molecule has 0 radical (unpaired) electrons. The standard InChI is InChI=1S/C30H25N3O4S/c1-4-37-29(35)25-17(2)32-30-33(27(25)26-21-11-6-5-9-18(21)13-14-23(26)36-3)28(34)24(38-30)15-19-16-31-22-12-8-7-10-20(19)22/h5-16,27,31H,4H2,1-3H3/b24-15-. The number of aromatic amines is 1. The Balaban J connectivity index is 1.67. The van der Waals surface area contributed by atoms with Crippen molar-refractivity contribution in [1.82, 2.24) is 9.55 Å². The summed E-state index contributed by atoms with van der Waals surface area (Å²) in [4.78, 5) is 35.9. The number of allylic oxidation sites excluding steroid dienone is 1. The van der Waals surface area contributed by atoms with E-state index in [4.69, 9.17) is 14.5 Å². The van der Waals surface area contributed by atoms with Crippen LogP contribution < -0.4 is 19.6 Å². The molecule has 0 fully saturated rings. The summed E-state index contributed by atoms with van der Waals surface area (Å²) in [5.41, 5.74) is 3.24. The predicted octanol–water partition coefficient (Wildman–Crippen LogP) is 4.44. The number of nitrogens with zero attached hydrogens (tertiary/aromatic N) is 2. The Bertz CT molecular complexity index is 1940. The number of carbonyl (C=O) groups excluding carboxylic acids is 1. The van der Waals surface area contributed by atoms with Gasteiger partial charge in [-0.1, -0.05) is 59.9 Å². The average molecular weight is 524 g/mol. The normalized spacial score (nSPS) is 15.6. The molecular formula is C30H25N3O4S. The Hall–Kier alpha value is -4.43. The van der Waals surface area contributed by atoms with Gasteiger partial charge in [0.25, 0.3) is 5.56 Å². The van der Waals surface area contributed by atoms with Crippen LogP contribution in [0.2, 0.25) is 0 Å². The number of aromatic nitrogens is 2. The largest absolute Gasteiger partial charge is 0.496 e. The number of hydrogen-bond acceptors (Lipinski definition) is 6. The molecule has 1 N–H and O–H groups in total. The van der Waals surface area contributed by atoms with Crippen LogP contribution >= 0.6 is 11.3 Å². The van der Waals surface area contributed by atoms with Crippen molar-refractivity contribution < 1.29 is 14.3 Å². The molecule has 1 aliphatic heterocycles. The fraction of sp³-hybridized carbons (Fsp3) is 0.167. The Morgan fingerprint density at radius 1 is 1.11 bits per heavy atom. The summed E-state index contributed by atoms with van der Waals surface area (Å²) in [6.07, 6.45) is 3.77. The number of carbonyl (C=O) groups is 1. The molecule has 3 heterocycles. The predicted molar refractivity (Wildman–Crippen MR) is 149 cm³/mol. The highest BCUT2D eigenvalue weighted by atomic mass is 32.1. The van der Waals surface area contributed by atoms with E-state index in [1.165, 1.54) is 11.3 Å². The first kappa shape index (κ1) is 23.9. The summed E-state index contributed by atoms with van der Waals surface area (Å²) in [5.74, 6) is 0.0797. The van der Waals surface area contributed by atoms with Gasteiger partial charge in [-0.05, 0) is 42.8 Å². The van der Waals surface area contributed by atoms with Crippen LogP contribution in [0, 0.1) is 0 Å². The Morgan fingerprint density at radius 3 is 2.66 bits per heavy atom. The van der Waals surface area contributed by atoms with Crippen molar-refractivity contribution in [3.05, 3.63) is 109 Å². The number of nitrogens with one attached hydrogen (secondary N) is 1. The second-order valence-corrected chi connectivity index (χ2v) is 10.0. The van der Waals surface area contributed by atoms with Crippen molar-refractivity contribution in [2.75, 3.05) is 13.7 Å². The number of para-hydroxylation sites is 1. The molecule has 0 aliphatic carbocycles. The lowest BCUT2D eigenvalue weighted by molar-refractivity contribution is -0.139. The Labute approximate surface area is 222 Å². The van der Waals surface area contributed by atoms with Crippen LogP contribution in [0.1, 0.15) is 31.0 Å². The van der Waals surface area contributed by atoms with E-state index in [2.05, 4.69) is 4.98 Å². The van der Waals surface area contributed by atoms with Gasteiger partial charge in [0, 0.05) is 28.2 Å². The molecule has 5 aromatic rings. The minimum absolute atomic E-state index is 0.208. The maximum absolute atomic E-state index is 14.1. The van der Waals surface area contributed by atoms with Crippen LogP contribution in [0.25, 0.3) is 27.8 Å². The Kier molecular flexibility index (Phi) is 5.96. The third-order valence-corrected chi connectivity index (χ3v) is 7.83. The van der Waals surface area contributed by atoms with E-state index in [0.717, 1.165) is 32.8 Å². The summed E-state index contributed by atoms with van der Waals surface area (Å²) in [5, 5.41) is 2.88. The molecule has 190 valence electrons. The second-order valence-electron chi connectivity index (χ2n) is 8.99. The first-order chi connectivity index (χ1) is 18.5. The first-order valence-electron chi connectivity index (χ1n) is 12.3. The SMILES string of the molecule is CCOC(=O)C1=C(C)N=c2s/c(=C\c3c[nH]c4ccccc34)c(=O)n2C1c1c(OC)ccc2ccccc12. The van der Waals surface area contributed by atoms with E-state index in [-0.39, 0.29) is 12.2 Å². The third kappa shape index (κ3) is 3.76. The lowest BCUT2D eigenvalue weighted by Crippen LogP contribution is -2.40. The van der Waals surface area contributed by atoms with Gasteiger partial charge in [-0.25, -0.2) is 9.79 Å². The van der Waals surface area contributed by atoms with Gasteiger partial charge in [-0.15, -0.1) is 0 Å². The van der Waals surface area contributed by atoms with Crippen molar-refractivity contribution in [1.29, 1.82) is 0 Å². The second kappa shape index (κ2) is 9.46. The average Bonchev–Trinajstić information content (AvgIpc) is 3.47. The zero-order valence-electron chi connectivity index (χ0n) is 21.1. The van der Waals surface area contributed by atoms with Crippen molar-refractivity contribution in [3.8, 4) is 5.75 Å².